The SMILES string of the molecule is Cc1c(C)c(C)c(S(=O)(=O)N2CCC(S(C)(=O)=O)CC2)c(C)c1C. The van der Waals surface area contributed by atoms with E-state index in [2.05, 4.69) is 0 Å². The minimum atomic E-state index is -3.62. The molecule has 0 atom stereocenters. The van der Waals surface area contributed by atoms with Gasteiger partial charge < -0.3 is 0 Å². The Morgan fingerprint density at radius 2 is 1.12 bits per heavy atom. The molecule has 1 aromatic rings. The zero-order valence-electron chi connectivity index (χ0n) is 15.3. The summed E-state index contributed by atoms with van der Waals surface area (Å²) >= 11 is 0. The van der Waals surface area contributed by atoms with Gasteiger partial charge in [-0.3, -0.25) is 0 Å². The van der Waals surface area contributed by atoms with E-state index in [4.69, 9.17) is 0 Å². The van der Waals surface area contributed by atoms with E-state index in [9.17, 15) is 16.8 Å². The average Bonchev–Trinajstić information content (AvgIpc) is 2.50. The second kappa shape index (κ2) is 6.42. The van der Waals surface area contributed by atoms with Gasteiger partial charge in [0.2, 0.25) is 10.0 Å². The fourth-order valence-electron chi connectivity index (χ4n) is 3.48. The summed E-state index contributed by atoms with van der Waals surface area (Å²) in [4.78, 5) is 0.390. The highest BCUT2D eigenvalue weighted by molar-refractivity contribution is 7.91. The van der Waals surface area contributed by atoms with E-state index in [1.165, 1.54) is 10.6 Å². The zero-order valence-corrected chi connectivity index (χ0v) is 16.9. The van der Waals surface area contributed by atoms with Crippen LogP contribution in [0.5, 0.6) is 0 Å². The van der Waals surface area contributed by atoms with Gasteiger partial charge in [-0.25, -0.2) is 16.8 Å². The van der Waals surface area contributed by atoms with E-state index < -0.39 is 25.1 Å². The van der Waals surface area contributed by atoms with Crippen molar-refractivity contribution in [2.24, 2.45) is 0 Å². The normalized spacial score (nSPS) is 18.1. The molecule has 0 N–H and O–H groups in total. The second-order valence-corrected chi connectivity index (χ2v) is 11.1. The fraction of sp³-hybridized carbons (Fsp3) is 0.647. The largest absolute Gasteiger partial charge is 0.243 e. The van der Waals surface area contributed by atoms with Gasteiger partial charge in [0.25, 0.3) is 0 Å². The number of piperidine rings is 1. The summed E-state index contributed by atoms with van der Waals surface area (Å²) in [6.45, 7) is 10.1. The van der Waals surface area contributed by atoms with E-state index in [1.54, 1.807) is 0 Å². The Kier molecular flexibility index (Phi) is 5.19. The van der Waals surface area contributed by atoms with Gasteiger partial charge in [0.15, 0.2) is 0 Å². The first kappa shape index (κ1) is 19.4. The molecule has 0 bridgehead atoms. The number of nitrogens with zero attached hydrogens (tertiary/aromatic N) is 1. The molecule has 2 rings (SSSR count). The van der Waals surface area contributed by atoms with Gasteiger partial charge in [-0.1, -0.05) is 0 Å². The van der Waals surface area contributed by atoms with Crippen LogP contribution in [-0.2, 0) is 19.9 Å². The van der Waals surface area contributed by atoms with Crippen molar-refractivity contribution in [1.82, 2.24) is 4.31 Å². The fourth-order valence-corrected chi connectivity index (χ4v) is 6.58. The predicted molar refractivity (Wildman–Crippen MR) is 96.8 cm³/mol. The number of hydrogen-bond acceptors (Lipinski definition) is 4. The third-order valence-corrected chi connectivity index (χ3v) is 9.39. The number of rotatable bonds is 3. The van der Waals surface area contributed by atoms with Gasteiger partial charge in [-0.2, -0.15) is 4.31 Å². The first-order valence-electron chi connectivity index (χ1n) is 8.15. The lowest BCUT2D eigenvalue weighted by molar-refractivity contribution is 0.345. The quantitative estimate of drug-likeness (QED) is 0.816. The van der Waals surface area contributed by atoms with Crippen molar-refractivity contribution >= 4 is 19.9 Å². The highest BCUT2D eigenvalue weighted by Crippen LogP contribution is 2.33. The van der Waals surface area contributed by atoms with Crippen molar-refractivity contribution in [3.63, 3.8) is 0 Å². The molecule has 0 spiro atoms. The Labute approximate surface area is 146 Å². The summed E-state index contributed by atoms with van der Waals surface area (Å²) in [6.07, 6.45) is 1.95. The highest BCUT2D eigenvalue weighted by atomic mass is 32.2. The van der Waals surface area contributed by atoms with Crippen LogP contribution in [0, 0.1) is 34.6 Å². The van der Waals surface area contributed by atoms with Gasteiger partial charge in [0.1, 0.15) is 9.84 Å². The smallest absolute Gasteiger partial charge is 0.229 e. The monoisotopic (exact) mass is 373 g/mol. The molecule has 0 aromatic heterocycles. The molecule has 5 nitrogen and oxygen atoms in total. The minimum Gasteiger partial charge on any atom is -0.229 e. The zero-order chi connectivity index (χ0) is 18.4. The first-order chi connectivity index (χ1) is 10.9. The Morgan fingerprint density at radius 1 is 0.750 bits per heavy atom. The van der Waals surface area contributed by atoms with Crippen LogP contribution in [0.2, 0.25) is 0 Å². The van der Waals surface area contributed by atoms with Crippen LogP contribution < -0.4 is 0 Å². The third-order valence-electron chi connectivity index (χ3n) is 5.54. The van der Waals surface area contributed by atoms with Crippen LogP contribution in [0.1, 0.15) is 40.7 Å². The van der Waals surface area contributed by atoms with Crippen LogP contribution >= 0.6 is 0 Å². The van der Waals surface area contributed by atoms with Crippen molar-refractivity contribution in [2.45, 2.75) is 57.6 Å². The second-order valence-electron chi connectivity index (χ2n) is 6.89. The van der Waals surface area contributed by atoms with E-state index in [1.807, 2.05) is 34.6 Å². The number of sulfone groups is 1. The molecule has 136 valence electrons. The molecule has 1 aliphatic rings. The molecule has 0 saturated carbocycles. The lowest BCUT2D eigenvalue weighted by Crippen LogP contribution is -2.42. The molecule has 7 heteroatoms. The first-order valence-corrected chi connectivity index (χ1v) is 11.5. The summed E-state index contributed by atoms with van der Waals surface area (Å²) in [5.41, 5.74) is 4.71. The summed E-state index contributed by atoms with van der Waals surface area (Å²) in [5.74, 6) is 0. The maximum absolute atomic E-state index is 13.2. The van der Waals surface area contributed by atoms with E-state index in [0.717, 1.165) is 27.8 Å². The van der Waals surface area contributed by atoms with Crippen molar-refractivity contribution in [2.75, 3.05) is 19.3 Å². The van der Waals surface area contributed by atoms with Crippen LogP contribution in [0.3, 0.4) is 0 Å². The van der Waals surface area contributed by atoms with Gasteiger partial charge in [0, 0.05) is 19.3 Å². The topological polar surface area (TPSA) is 71.5 Å². The summed E-state index contributed by atoms with van der Waals surface area (Å²) in [6, 6.07) is 0. The van der Waals surface area contributed by atoms with Gasteiger partial charge in [-0.15, -0.1) is 0 Å². The van der Waals surface area contributed by atoms with Crippen LogP contribution in [0.4, 0.5) is 0 Å². The minimum absolute atomic E-state index is 0.255. The predicted octanol–water partition coefficient (Wildman–Crippen LogP) is 2.43. The number of hydrogen-bond donors (Lipinski definition) is 0. The molecule has 0 aliphatic carbocycles. The number of sulfonamides is 1. The van der Waals surface area contributed by atoms with Crippen molar-refractivity contribution in [3.8, 4) is 0 Å². The lowest BCUT2D eigenvalue weighted by Gasteiger charge is -2.32. The van der Waals surface area contributed by atoms with Gasteiger partial charge in [-0.05, 0) is 75.3 Å². The molecule has 0 radical (unpaired) electrons. The Hall–Kier alpha value is -0.920. The third kappa shape index (κ3) is 3.26. The molecule has 1 fully saturated rings. The molecule has 0 amide bonds. The van der Waals surface area contributed by atoms with E-state index >= 15 is 0 Å². The summed E-state index contributed by atoms with van der Waals surface area (Å²) in [5, 5.41) is -0.437. The molecule has 1 saturated heterocycles. The maximum Gasteiger partial charge on any atom is 0.243 e. The highest BCUT2D eigenvalue weighted by Gasteiger charge is 2.35. The van der Waals surface area contributed by atoms with Crippen molar-refractivity contribution in [3.05, 3.63) is 27.8 Å². The molecular formula is C17H27NO4S2. The average molecular weight is 374 g/mol. The maximum atomic E-state index is 13.2. The van der Waals surface area contributed by atoms with E-state index in [0.29, 0.717) is 17.7 Å². The molecule has 24 heavy (non-hydrogen) atoms. The van der Waals surface area contributed by atoms with Gasteiger partial charge in [0.05, 0.1) is 10.1 Å². The standard InChI is InChI=1S/C17H27NO4S2/c1-11-12(2)14(4)17(15(5)13(11)3)24(21,22)18-9-7-16(8-10-18)23(6,19)20/h16H,7-10H2,1-6H3. The van der Waals surface area contributed by atoms with Crippen LogP contribution in [0.25, 0.3) is 0 Å². The number of benzene rings is 1. The van der Waals surface area contributed by atoms with Crippen molar-refractivity contribution in [1.29, 1.82) is 0 Å². The summed E-state index contributed by atoms with van der Waals surface area (Å²) in [7, 11) is -6.73. The summed E-state index contributed by atoms with van der Waals surface area (Å²) < 4.78 is 51.2. The molecule has 1 heterocycles. The molecule has 1 aliphatic heterocycles. The Morgan fingerprint density at radius 3 is 1.50 bits per heavy atom. The molecule has 1 aromatic carbocycles. The van der Waals surface area contributed by atoms with Crippen LogP contribution in [-0.4, -0.2) is 45.7 Å². The van der Waals surface area contributed by atoms with E-state index in [-0.39, 0.29) is 13.1 Å². The van der Waals surface area contributed by atoms with Crippen molar-refractivity contribution < 1.29 is 16.8 Å². The van der Waals surface area contributed by atoms with Crippen LogP contribution in [0.15, 0.2) is 4.90 Å². The Balaban J connectivity index is 2.44. The van der Waals surface area contributed by atoms with Gasteiger partial charge >= 0.3 is 0 Å². The Bertz CT molecular complexity index is 833. The molecular weight excluding hydrogens is 346 g/mol. The lowest BCUT2D eigenvalue weighted by atomic mass is 9.95. The molecule has 0 unspecified atom stereocenters.